The molecule has 3 aliphatic heterocycles. The maximum Gasteiger partial charge on any atom is 0.335 e. The summed E-state index contributed by atoms with van der Waals surface area (Å²) in [6.07, 6.45) is 16.9. The second kappa shape index (κ2) is 19.0. The molecule has 15 nitrogen and oxygen atoms in total. The number of hydrogen-bond donors (Lipinski definition) is 2. The molecule has 1 aromatic rings. The third-order valence-electron chi connectivity index (χ3n) is 11.2. The van der Waals surface area contributed by atoms with Gasteiger partial charge in [0, 0.05) is 48.8 Å². The molecule has 330 valence electrons. The second-order valence-corrected chi connectivity index (χ2v) is 17.7. The van der Waals surface area contributed by atoms with Gasteiger partial charge in [0.1, 0.15) is 17.3 Å². The van der Waals surface area contributed by atoms with Gasteiger partial charge in [-0.1, -0.05) is 52.5 Å². The number of nitrogens with zero attached hydrogens (tertiary/aromatic N) is 5. The summed E-state index contributed by atoms with van der Waals surface area (Å²) in [5, 5.41) is 11.8. The number of hydrogen-bond acceptors (Lipinski definition) is 11. The maximum atomic E-state index is 13.3. The summed E-state index contributed by atoms with van der Waals surface area (Å²) in [4.78, 5) is 59.7. The molecule has 0 saturated heterocycles. The van der Waals surface area contributed by atoms with E-state index in [4.69, 9.17) is 24.4 Å². The monoisotopic (exact) mass is 869 g/mol. The van der Waals surface area contributed by atoms with Gasteiger partial charge in [0.15, 0.2) is 0 Å². The van der Waals surface area contributed by atoms with Crippen molar-refractivity contribution in [3.05, 3.63) is 136 Å². The van der Waals surface area contributed by atoms with Crippen molar-refractivity contribution in [2.45, 2.75) is 60.3 Å². The molecular formula is C46H55N5O10S. The van der Waals surface area contributed by atoms with E-state index in [0.717, 1.165) is 44.6 Å². The van der Waals surface area contributed by atoms with Crippen molar-refractivity contribution < 1.29 is 46.9 Å². The Hall–Kier alpha value is -5.94. The van der Waals surface area contributed by atoms with Gasteiger partial charge in [-0.25, -0.2) is 19.9 Å². The van der Waals surface area contributed by atoms with Gasteiger partial charge in [-0.05, 0) is 97.9 Å². The van der Waals surface area contributed by atoms with Crippen LogP contribution >= 0.6 is 0 Å². The molecule has 3 heterocycles. The highest BCUT2D eigenvalue weighted by Gasteiger charge is 2.42. The highest BCUT2D eigenvalue weighted by atomic mass is 32.2. The zero-order valence-corrected chi connectivity index (χ0v) is 37.5. The third-order valence-corrected chi connectivity index (χ3v) is 12.0. The zero-order chi connectivity index (χ0) is 45.7. The molecule has 5 rings (SSSR count). The molecule has 2 N–H and O–H groups in total. The third kappa shape index (κ3) is 10.4. The Morgan fingerprint density at radius 2 is 1.65 bits per heavy atom. The number of ether oxygens (including phenoxy) is 1. The van der Waals surface area contributed by atoms with E-state index in [0.29, 0.717) is 52.7 Å². The number of carboxylic acid groups (broad SMARTS) is 1. The van der Waals surface area contributed by atoms with Crippen LogP contribution in [0.4, 0.5) is 0 Å². The summed E-state index contributed by atoms with van der Waals surface area (Å²) < 4.78 is 39.1. The van der Waals surface area contributed by atoms with Crippen molar-refractivity contribution in [1.82, 2.24) is 15.0 Å². The molecule has 4 aliphatic rings. The Labute approximate surface area is 363 Å². The Morgan fingerprint density at radius 1 is 0.968 bits per heavy atom. The van der Waals surface area contributed by atoms with Crippen molar-refractivity contribution in [3.63, 3.8) is 0 Å². The molecule has 1 aromatic carbocycles. The molecule has 0 spiro atoms. The Bertz CT molecular complexity index is 2460. The lowest BCUT2D eigenvalue weighted by Crippen LogP contribution is -2.36. The highest BCUT2D eigenvalue weighted by molar-refractivity contribution is 7.85. The molecule has 16 heteroatoms. The van der Waals surface area contributed by atoms with Crippen LogP contribution in [0.15, 0.2) is 140 Å². The number of carbonyl (C=O) groups is 3. The molecule has 0 unspecified atom stereocenters. The molecule has 0 atom stereocenters. The zero-order valence-electron chi connectivity index (χ0n) is 36.7. The van der Waals surface area contributed by atoms with E-state index in [1.54, 1.807) is 55.4 Å². The Morgan fingerprint density at radius 3 is 2.26 bits per heavy atom. The number of carboxylic acids is 1. The predicted molar refractivity (Wildman–Crippen MR) is 237 cm³/mol. The number of aromatic carboxylic acids is 1. The van der Waals surface area contributed by atoms with Crippen LogP contribution < -0.4 is 4.74 Å². The summed E-state index contributed by atoms with van der Waals surface area (Å²) in [6, 6.07) is 6.19. The van der Waals surface area contributed by atoms with Gasteiger partial charge in [0.05, 0.1) is 48.2 Å². The highest BCUT2D eigenvalue weighted by Crippen LogP contribution is 2.46. The number of likely N-dealkylation sites (N-methyl/N-ethyl adjacent to an activating group) is 2. The van der Waals surface area contributed by atoms with E-state index in [1.165, 1.54) is 33.4 Å². The molecular weight excluding hydrogens is 815 g/mol. The molecule has 0 fully saturated rings. The first kappa shape index (κ1) is 47.1. The van der Waals surface area contributed by atoms with E-state index in [1.807, 2.05) is 52.0 Å². The van der Waals surface area contributed by atoms with Crippen LogP contribution in [-0.2, 0) is 29.4 Å². The number of allylic oxidation sites excluding steroid dienone is 9. The number of rotatable bonds is 15. The number of amidine groups is 1. The van der Waals surface area contributed by atoms with Gasteiger partial charge >= 0.3 is 5.97 Å². The number of benzene rings is 1. The summed E-state index contributed by atoms with van der Waals surface area (Å²) in [5.74, 6) is -0.644. The van der Waals surface area contributed by atoms with Crippen LogP contribution in [0.5, 0.6) is 5.75 Å². The first-order chi connectivity index (χ1) is 29.1. The average molecular weight is 870 g/mol. The number of aliphatic imine (C=N–C) groups is 2. The van der Waals surface area contributed by atoms with Crippen LogP contribution in [0.3, 0.4) is 0 Å². The molecule has 62 heavy (non-hydrogen) atoms. The van der Waals surface area contributed by atoms with Crippen LogP contribution in [0.1, 0.15) is 70.7 Å². The summed E-state index contributed by atoms with van der Waals surface area (Å²) in [7, 11) is 1.63. The number of fused-ring (bicyclic) bond motifs is 1. The molecule has 1 aliphatic carbocycles. The second-order valence-electron chi connectivity index (χ2n) is 16.1. The van der Waals surface area contributed by atoms with Crippen LogP contribution in [0, 0.1) is 10.8 Å². The standard InChI is InChI=1S/C46H55N5O10S/c1-11-30(42(52)49(7)59-9)26-36-29(2)47-38(45(36,3)4)22-18-31-14-12-15-32(40(31)61-35-20-16-33(17-21-35)44(54)55)19-23-39-46(5,6)37-27-34(43(53)50(8)60-10)28-51(41(37)48-39)24-13-25-62(56,57)58/h11,16-23,26-28H,2,12-15,24-25H2,1,3-10H3,(H,54,55)(H,56,57,58)/b22-18+,30-11+,32-19+,36-26+,39-23+. The summed E-state index contributed by atoms with van der Waals surface area (Å²) in [6.45, 7) is 14.2. The Balaban J connectivity index is 1.56. The van der Waals surface area contributed by atoms with Crippen molar-refractivity contribution in [2.75, 3.05) is 40.6 Å². The van der Waals surface area contributed by atoms with Crippen LogP contribution in [0.2, 0.25) is 0 Å². The number of carbonyl (C=O) groups excluding carboxylic acids is 2. The molecule has 0 bridgehead atoms. The largest absolute Gasteiger partial charge is 0.478 e. The van der Waals surface area contributed by atoms with Gasteiger partial charge in [0.2, 0.25) is 0 Å². The van der Waals surface area contributed by atoms with Gasteiger partial charge in [-0.3, -0.25) is 28.8 Å². The minimum atomic E-state index is -4.21. The minimum Gasteiger partial charge on any atom is -0.478 e. The fraction of sp³-hybridized carbons (Fsp3) is 0.370. The molecule has 0 aromatic heterocycles. The van der Waals surface area contributed by atoms with E-state index >= 15 is 0 Å². The minimum absolute atomic E-state index is 0.0831. The smallest absolute Gasteiger partial charge is 0.335 e. The fourth-order valence-corrected chi connectivity index (χ4v) is 7.86. The van der Waals surface area contributed by atoms with Gasteiger partial charge in [0.25, 0.3) is 21.9 Å². The van der Waals surface area contributed by atoms with Crippen LogP contribution in [0.25, 0.3) is 0 Å². The summed E-state index contributed by atoms with van der Waals surface area (Å²) >= 11 is 0. The van der Waals surface area contributed by atoms with E-state index in [2.05, 4.69) is 6.58 Å². The molecule has 0 radical (unpaired) electrons. The predicted octanol–water partition coefficient (Wildman–Crippen LogP) is 7.32. The fourth-order valence-electron chi connectivity index (χ4n) is 7.37. The van der Waals surface area contributed by atoms with Crippen LogP contribution in [-0.4, -0.2) is 103 Å². The lowest BCUT2D eigenvalue weighted by molar-refractivity contribution is -0.164. The van der Waals surface area contributed by atoms with Crippen molar-refractivity contribution >= 4 is 39.4 Å². The quantitative estimate of drug-likeness (QED) is 0.102. The number of amides is 2. The van der Waals surface area contributed by atoms with E-state index in [9.17, 15) is 32.5 Å². The molecule has 0 saturated carbocycles. The lowest BCUT2D eigenvalue weighted by atomic mass is 9.79. The first-order valence-corrected chi connectivity index (χ1v) is 21.6. The van der Waals surface area contributed by atoms with Gasteiger partial charge < -0.3 is 14.7 Å². The van der Waals surface area contributed by atoms with Crippen molar-refractivity contribution in [1.29, 1.82) is 0 Å². The van der Waals surface area contributed by atoms with Gasteiger partial charge in [-0.15, -0.1) is 0 Å². The van der Waals surface area contributed by atoms with Gasteiger partial charge in [-0.2, -0.15) is 8.42 Å². The average Bonchev–Trinajstić information content (AvgIpc) is 3.61. The number of hydroxylamine groups is 4. The normalized spacial score (nSPS) is 20.7. The first-order valence-electron chi connectivity index (χ1n) is 20.0. The topological polar surface area (TPSA) is 188 Å². The summed E-state index contributed by atoms with van der Waals surface area (Å²) in [5.41, 5.74) is 4.77. The van der Waals surface area contributed by atoms with Crippen molar-refractivity contribution in [3.8, 4) is 5.75 Å². The van der Waals surface area contributed by atoms with Crippen molar-refractivity contribution in [2.24, 2.45) is 20.8 Å². The van der Waals surface area contributed by atoms with E-state index < -0.39 is 38.6 Å². The SMILES string of the molecule is C=C1N=C(/C=C/C2=C(Oc3ccc(C(=O)O)cc3)C(=C/C=C3/N=C4C(=CC(C(=O)N(C)OC)=CN4CCCS(=O)(=O)O)C3(C)C)/CCC2)C(C)(C)/C1=C/C(=C\C)C(=O)N(C)OC. The Kier molecular flexibility index (Phi) is 14.4. The van der Waals surface area contributed by atoms with E-state index in [-0.39, 0.29) is 24.4 Å². The lowest BCUT2D eigenvalue weighted by Gasteiger charge is -2.31. The molecule has 2 amide bonds. The maximum absolute atomic E-state index is 13.3.